The van der Waals surface area contributed by atoms with Gasteiger partial charge in [-0.1, -0.05) is 41.4 Å². The highest BCUT2D eigenvalue weighted by Gasteiger charge is 2.18. The number of nitrogens with one attached hydrogen (secondary N) is 4. The Labute approximate surface area is 155 Å². The van der Waals surface area contributed by atoms with Crippen molar-refractivity contribution in [2.45, 2.75) is 51.5 Å². The van der Waals surface area contributed by atoms with Crippen molar-refractivity contribution < 1.29 is 19.2 Å². The molecular weight excluding hydrogens is 364 g/mol. The predicted molar refractivity (Wildman–Crippen MR) is 100 cm³/mol. The van der Waals surface area contributed by atoms with Crippen molar-refractivity contribution in [3.63, 3.8) is 0 Å². The maximum Gasteiger partial charge on any atom is 0.321 e. The highest BCUT2D eigenvalue weighted by atomic mass is 33.1. The molecule has 8 nitrogen and oxygen atoms in total. The fraction of sp³-hybridized carbons (Fsp3) is 0.733. The van der Waals surface area contributed by atoms with Crippen molar-refractivity contribution in [3.05, 3.63) is 0 Å². The molecule has 1 rings (SSSR count). The van der Waals surface area contributed by atoms with E-state index in [1.165, 1.54) is 21.6 Å². The third kappa shape index (κ3) is 10.9. The van der Waals surface area contributed by atoms with Crippen molar-refractivity contribution in [2.24, 2.45) is 0 Å². The van der Waals surface area contributed by atoms with Crippen molar-refractivity contribution in [1.82, 2.24) is 21.3 Å². The van der Waals surface area contributed by atoms with Crippen LogP contribution < -0.4 is 21.3 Å². The van der Waals surface area contributed by atoms with Crippen LogP contribution >= 0.6 is 21.6 Å². The van der Waals surface area contributed by atoms with Crippen molar-refractivity contribution in [2.75, 3.05) is 18.1 Å². The third-order valence-corrected chi connectivity index (χ3v) is 5.69. The second kappa shape index (κ2) is 12.9. The zero-order chi connectivity index (χ0) is 18.5. The third-order valence-electron chi connectivity index (χ3n) is 3.42. The van der Waals surface area contributed by atoms with Gasteiger partial charge in [0.25, 0.3) is 0 Å². The van der Waals surface area contributed by atoms with E-state index in [0.29, 0.717) is 25.1 Å². The van der Waals surface area contributed by atoms with Gasteiger partial charge in [-0.15, -0.1) is 0 Å². The summed E-state index contributed by atoms with van der Waals surface area (Å²) < 4.78 is 0. The number of rotatable bonds is 9. The Morgan fingerprint density at radius 1 is 0.960 bits per heavy atom. The molecule has 6 amide bonds. The molecule has 1 fully saturated rings. The average molecular weight is 391 g/mol. The van der Waals surface area contributed by atoms with E-state index < -0.39 is 12.1 Å². The Bertz CT molecular complexity index is 470. The van der Waals surface area contributed by atoms with Gasteiger partial charge in [0.1, 0.15) is 0 Å². The molecule has 0 spiro atoms. The standard InChI is InChI=1S/C15H26N4O4S2/c1-2-5-12(20)18-14(22)16-8-9-24-25-10-13(21)19-15(23)17-11-6-3-4-7-11/h11H,2-10H2,1H3,(H2,16,18,20,22)(H2,17,19,21,23). The summed E-state index contributed by atoms with van der Waals surface area (Å²) in [4.78, 5) is 45.8. The van der Waals surface area contributed by atoms with Gasteiger partial charge in [-0.2, -0.15) is 0 Å². The number of urea groups is 2. The van der Waals surface area contributed by atoms with Crippen LogP contribution in [0, 0.1) is 0 Å². The maximum atomic E-state index is 11.6. The molecule has 1 saturated carbocycles. The van der Waals surface area contributed by atoms with Crippen LogP contribution in [0.2, 0.25) is 0 Å². The van der Waals surface area contributed by atoms with Gasteiger partial charge >= 0.3 is 12.1 Å². The van der Waals surface area contributed by atoms with Gasteiger partial charge in [0, 0.05) is 24.8 Å². The van der Waals surface area contributed by atoms with E-state index in [2.05, 4.69) is 21.3 Å². The minimum Gasteiger partial charge on any atom is -0.337 e. The van der Waals surface area contributed by atoms with Crippen LogP contribution in [-0.4, -0.2) is 48.0 Å². The van der Waals surface area contributed by atoms with Crippen LogP contribution in [0.5, 0.6) is 0 Å². The van der Waals surface area contributed by atoms with Crippen LogP contribution in [0.25, 0.3) is 0 Å². The lowest BCUT2D eigenvalue weighted by Crippen LogP contribution is -2.44. The van der Waals surface area contributed by atoms with Gasteiger partial charge in [-0.25, -0.2) is 9.59 Å². The molecule has 1 aliphatic rings. The minimum absolute atomic E-state index is 0.157. The molecule has 0 saturated heterocycles. The van der Waals surface area contributed by atoms with Crippen LogP contribution in [0.15, 0.2) is 0 Å². The number of hydrogen-bond donors (Lipinski definition) is 4. The second-order valence-corrected chi connectivity index (χ2v) is 8.22. The molecule has 0 aromatic carbocycles. The second-order valence-electron chi connectivity index (χ2n) is 5.64. The molecule has 4 N–H and O–H groups in total. The van der Waals surface area contributed by atoms with E-state index in [1.807, 2.05) is 6.92 Å². The molecular formula is C15H26N4O4S2. The van der Waals surface area contributed by atoms with E-state index in [0.717, 1.165) is 25.7 Å². The molecule has 0 heterocycles. The van der Waals surface area contributed by atoms with E-state index in [9.17, 15) is 19.2 Å². The molecule has 1 aliphatic carbocycles. The molecule has 25 heavy (non-hydrogen) atoms. The molecule has 0 aliphatic heterocycles. The quantitative estimate of drug-likeness (QED) is 0.352. The summed E-state index contributed by atoms with van der Waals surface area (Å²) >= 11 is 0. The van der Waals surface area contributed by atoms with Gasteiger partial charge in [0.05, 0.1) is 5.75 Å². The Balaban J connectivity index is 1.97. The van der Waals surface area contributed by atoms with Gasteiger partial charge in [0.2, 0.25) is 11.8 Å². The van der Waals surface area contributed by atoms with E-state index in [4.69, 9.17) is 0 Å². The Hall–Kier alpha value is -1.42. The van der Waals surface area contributed by atoms with E-state index >= 15 is 0 Å². The first-order chi connectivity index (χ1) is 12.0. The molecule has 10 heteroatoms. The van der Waals surface area contributed by atoms with Gasteiger partial charge in [-0.05, 0) is 19.3 Å². The number of carbonyl (C=O) groups excluding carboxylic acids is 4. The van der Waals surface area contributed by atoms with Gasteiger partial charge < -0.3 is 10.6 Å². The molecule has 0 unspecified atom stereocenters. The summed E-state index contributed by atoms with van der Waals surface area (Å²) in [6.45, 7) is 2.24. The monoisotopic (exact) mass is 390 g/mol. The van der Waals surface area contributed by atoms with Crippen molar-refractivity contribution in [3.8, 4) is 0 Å². The van der Waals surface area contributed by atoms with Crippen molar-refractivity contribution in [1.29, 1.82) is 0 Å². The summed E-state index contributed by atoms with van der Waals surface area (Å²) in [6.07, 6.45) is 5.18. The minimum atomic E-state index is -0.509. The number of amides is 6. The fourth-order valence-corrected chi connectivity index (χ4v) is 4.02. The summed E-state index contributed by atoms with van der Waals surface area (Å²) in [6, 6.07) is -0.765. The Morgan fingerprint density at radius 2 is 1.64 bits per heavy atom. The zero-order valence-electron chi connectivity index (χ0n) is 14.4. The topological polar surface area (TPSA) is 116 Å². The summed E-state index contributed by atoms with van der Waals surface area (Å²) in [7, 11) is 2.72. The highest BCUT2D eigenvalue weighted by molar-refractivity contribution is 8.76. The maximum absolute atomic E-state index is 11.6. The molecule has 0 atom stereocenters. The normalized spacial score (nSPS) is 14.0. The van der Waals surface area contributed by atoms with E-state index in [-0.39, 0.29) is 23.6 Å². The number of hydrogen-bond acceptors (Lipinski definition) is 6. The predicted octanol–water partition coefficient (Wildman–Crippen LogP) is 1.76. The zero-order valence-corrected chi connectivity index (χ0v) is 16.0. The number of imide groups is 2. The molecule has 0 aromatic rings. The van der Waals surface area contributed by atoms with Crippen molar-refractivity contribution >= 4 is 45.5 Å². The van der Waals surface area contributed by atoms with Crippen LogP contribution in [0.4, 0.5) is 9.59 Å². The molecule has 0 bridgehead atoms. The lowest BCUT2D eigenvalue weighted by molar-refractivity contribution is -0.120. The van der Waals surface area contributed by atoms with Crippen LogP contribution in [0.1, 0.15) is 45.4 Å². The lowest BCUT2D eigenvalue weighted by atomic mass is 10.2. The first-order valence-corrected chi connectivity index (χ1v) is 10.9. The van der Waals surface area contributed by atoms with Gasteiger partial charge in [-0.3, -0.25) is 20.2 Å². The molecule has 0 radical (unpaired) electrons. The summed E-state index contributed by atoms with van der Waals surface area (Å²) in [5, 5.41) is 9.89. The SMILES string of the molecule is CCCC(=O)NC(=O)NCCSSCC(=O)NC(=O)NC1CCCC1. The summed E-state index contributed by atoms with van der Waals surface area (Å²) in [5.74, 6) is 0.101. The summed E-state index contributed by atoms with van der Waals surface area (Å²) in [5.41, 5.74) is 0. The fourth-order valence-electron chi connectivity index (χ4n) is 2.28. The Kier molecular flexibility index (Phi) is 11.1. The Morgan fingerprint density at radius 3 is 2.32 bits per heavy atom. The first-order valence-electron chi connectivity index (χ1n) is 8.43. The lowest BCUT2D eigenvalue weighted by Gasteiger charge is -2.12. The van der Waals surface area contributed by atoms with E-state index in [1.54, 1.807) is 0 Å². The first kappa shape index (κ1) is 21.6. The van der Waals surface area contributed by atoms with Gasteiger partial charge in [0.15, 0.2) is 0 Å². The van der Waals surface area contributed by atoms with Crippen LogP contribution in [0.3, 0.4) is 0 Å². The molecule has 142 valence electrons. The van der Waals surface area contributed by atoms with Crippen LogP contribution in [-0.2, 0) is 9.59 Å². The number of carbonyl (C=O) groups is 4. The highest BCUT2D eigenvalue weighted by Crippen LogP contribution is 2.20. The molecule has 0 aromatic heterocycles. The smallest absolute Gasteiger partial charge is 0.321 e. The largest absolute Gasteiger partial charge is 0.337 e. The average Bonchev–Trinajstić information content (AvgIpc) is 3.03.